The maximum absolute atomic E-state index is 12.3. The van der Waals surface area contributed by atoms with Crippen molar-refractivity contribution in [3.8, 4) is 11.5 Å². The van der Waals surface area contributed by atoms with E-state index >= 15 is 0 Å². The highest BCUT2D eigenvalue weighted by Gasteiger charge is 2.19. The van der Waals surface area contributed by atoms with Crippen molar-refractivity contribution in [1.29, 1.82) is 0 Å². The van der Waals surface area contributed by atoms with Crippen LogP contribution in [-0.4, -0.2) is 52.1 Å². The van der Waals surface area contributed by atoms with E-state index in [0.29, 0.717) is 28.3 Å². The molecule has 2 aromatic rings. The topological polar surface area (TPSA) is 111 Å². The monoisotopic (exact) mass is 446 g/mol. The van der Waals surface area contributed by atoms with Crippen molar-refractivity contribution < 1.29 is 32.2 Å². The summed E-state index contributed by atoms with van der Waals surface area (Å²) in [7, 11) is -0.803. The predicted octanol–water partition coefficient (Wildman–Crippen LogP) is 2.17. The molecular weight excluding hydrogens is 424 g/mol. The third-order valence-corrected chi connectivity index (χ3v) is 6.23. The van der Waals surface area contributed by atoms with Gasteiger partial charge in [0.05, 0.1) is 4.90 Å². The van der Waals surface area contributed by atoms with Crippen LogP contribution in [0.15, 0.2) is 47.4 Å². The van der Waals surface area contributed by atoms with E-state index in [9.17, 15) is 18.0 Å². The van der Waals surface area contributed by atoms with Crippen molar-refractivity contribution in [3.05, 3.63) is 53.6 Å². The molecule has 3 rings (SSSR count). The molecule has 0 spiro atoms. The van der Waals surface area contributed by atoms with Gasteiger partial charge in [-0.3, -0.25) is 4.79 Å². The van der Waals surface area contributed by atoms with Gasteiger partial charge in [-0.1, -0.05) is 12.1 Å². The van der Waals surface area contributed by atoms with Gasteiger partial charge in [-0.2, -0.15) is 0 Å². The van der Waals surface area contributed by atoms with Gasteiger partial charge in [0.2, 0.25) is 16.8 Å². The van der Waals surface area contributed by atoms with Crippen LogP contribution in [0.4, 0.5) is 5.69 Å². The normalized spacial score (nSPS) is 12.9. The van der Waals surface area contributed by atoms with E-state index in [1.165, 1.54) is 38.4 Å². The van der Waals surface area contributed by atoms with E-state index in [-0.39, 0.29) is 11.7 Å². The Bertz CT molecular complexity index is 1140. The van der Waals surface area contributed by atoms with Gasteiger partial charge in [-0.25, -0.2) is 17.5 Å². The van der Waals surface area contributed by atoms with Gasteiger partial charge in [0.1, 0.15) is 0 Å². The first-order valence-corrected chi connectivity index (χ1v) is 10.7. The van der Waals surface area contributed by atoms with Gasteiger partial charge in [0, 0.05) is 25.9 Å². The average molecular weight is 446 g/mol. The molecule has 0 radical (unpaired) electrons. The number of nitrogens with zero attached hydrogens (tertiary/aromatic N) is 1. The number of esters is 1. The number of hydrogen-bond acceptors (Lipinski definition) is 7. The smallest absolute Gasteiger partial charge is 0.331 e. The molecule has 2 aromatic carbocycles. The van der Waals surface area contributed by atoms with Crippen molar-refractivity contribution in [1.82, 2.24) is 4.31 Å². The molecule has 31 heavy (non-hydrogen) atoms. The van der Waals surface area contributed by atoms with Crippen molar-refractivity contribution in [2.45, 2.75) is 11.8 Å². The van der Waals surface area contributed by atoms with Crippen LogP contribution in [0.25, 0.3) is 6.08 Å². The molecule has 1 N–H and O–H groups in total. The Morgan fingerprint density at radius 3 is 2.61 bits per heavy atom. The Morgan fingerprint density at radius 2 is 1.87 bits per heavy atom. The second-order valence-corrected chi connectivity index (χ2v) is 9.02. The van der Waals surface area contributed by atoms with Crippen molar-refractivity contribution in [3.63, 3.8) is 0 Å². The Hall–Kier alpha value is -3.37. The summed E-state index contributed by atoms with van der Waals surface area (Å²) in [5.41, 5.74) is 1.69. The van der Waals surface area contributed by atoms with E-state index in [1.807, 2.05) is 0 Å². The number of fused-ring (bicyclic) bond motifs is 1. The quantitative estimate of drug-likeness (QED) is 0.512. The molecule has 1 aliphatic rings. The molecule has 1 amide bonds. The predicted molar refractivity (Wildman–Crippen MR) is 113 cm³/mol. The first kappa shape index (κ1) is 22.3. The maximum Gasteiger partial charge on any atom is 0.331 e. The highest BCUT2D eigenvalue weighted by atomic mass is 32.2. The van der Waals surface area contributed by atoms with Crippen molar-refractivity contribution in [2.75, 3.05) is 32.8 Å². The molecule has 1 aliphatic heterocycles. The number of aryl methyl sites for hydroxylation is 1. The average Bonchev–Trinajstić information content (AvgIpc) is 3.20. The van der Waals surface area contributed by atoms with Crippen molar-refractivity contribution in [2.24, 2.45) is 0 Å². The third kappa shape index (κ3) is 5.41. The molecule has 1 heterocycles. The van der Waals surface area contributed by atoms with Gasteiger partial charge in [-0.15, -0.1) is 0 Å². The number of carbonyl (C=O) groups is 2. The molecule has 164 valence electrons. The SMILES string of the molecule is Cc1ccc(S(=O)(=O)N(C)C)cc1NC(=O)COC(=O)/C=C/c1ccc2c(c1)OCO2. The van der Waals surface area contributed by atoms with Crippen LogP contribution in [0.3, 0.4) is 0 Å². The van der Waals surface area contributed by atoms with Gasteiger partial charge in [-0.05, 0) is 48.4 Å². The zero-order valence-electron chi connectivity index (χ0n) is 17.2. The Kier molecular flexibility index (Phi) is 6.62. The molecule has 0 saturated carbocycles. The Balaban J connectivity index is 1.57. The van der Waals surface area contributed by atoms with E-state index < -0.39 is 28.5 Å². The summed E-state index contributed by atoms with van der Waals surface area (Å²) in [5.74, 6) is -0.0706. The van der Waals surface area contributed by atoms with Gasteiger partial charge in [0.25, 0.3) is 5.91 Å². The number of carbonyl (C=O) groups excluding carboxylic acids is 2. The van der Waals surface area contributed by atoms with Crippen LogP contribution in [-0.2, 0) is 24.3 Å². The Labute approximate surface area is 180 Å². The first-order chi connectivity index (χ1) is 14.7. The largest absolute Gasteiger partial charge is 0.454 e. The van der Waals surface area contributed by atoms with Crippen LogP contribution in [0.2, 0.25) is 0 Å². The lowest BCUT2D eigenvalue weighted by Gasteiger charge is -2.14. The molecule has 0 fully saturated rings. The van der Waals surface area contributed by atoms with Crippen molar-refractivity contribution >= 4 is 33.7 Å². The van der Waals surface area contributed by atoms with E-state index in [0.717, 1.165) is 4.31 Å². The Morgan fingerprint density at radius 1 is 1.13 bits per heavy atom. The standard InChI is InChI=1S/C21H22N2O7S/c1-14-4-7-16(31(26,27)23(2)3)11-17(14)22-20(24)12-28-21(25)9-6-15-5-8-18-19(10-15)30-13-29-18/h4-11H,12-13H2,1-3H3,(H,22,24)/b9-6+. The lowest BCUT2D eigenvalue weighted by molar-refractivity contribution is -0.142. The number of ether oxygens (including phenoxy) is 3. The van der Waals surface area contributed by atoms with E-state index in [1.54, 1.807) is 31.2 Å². The summed E-state index contributed by atoms with van der Waals surface area (Å²) >= 11 is 0. The number of sulfonamides is 1. The summed E-state index contributed by atoms with van der Waals surface area (Å²) < 4.78 is 41.1. The zero-order chi connectivity index (χ0) is 22.6. The van der Waals surface area contributed by atoms with E-state index in [4.69, 9.17) is 14.2 Å². The minimum Gasteiger partial charge on any atom is -0.454 e. The van der Waals surface area contributed by atoms with Crippen LogP contribution < -0.4 is 14.8 Å². The fourth-order valence-corrected chi connectivity index (χ4v) is 3.59. The van der Waals surface area contributed by atoms with Crippen LogP contribution >= 0.6 is 0 Å². The number of amides is 1. The molecule has 0 bridgehead atoms. The lowest BCUT2D eigenvalue weighted by atomic mass is 10.2. The maximum atomic E-state index is 12.3. The molecule has 0 aromatic heterocycles. The molecule has 0 unspecified atom stereocenters. The summed E-state index contributed by atoms with van der Waals surface area (Å²) in [4.78, 5) is 24.1. The summed E-state index contributed by atoms with van der Waals surface area (Å²) in [5, 5.41) is 2.57. The van der Waals surface area contributed by atoms with Crippen LogP contribution in [0, 0.1) is 6.92 Å². The number of benzene rings is 2. The number of hydrogen-bond donors (Lipinski definition) is 1. The van der Waals surface area contributed by atoms with Gasteiger partial charge in [0.15, 0.2) is 18.1 Å². The fourth-order valence-electron chi connectivity index (χ4n) is 2.66. The second-order valence-electron chi connectivity index (χ2n) is 6.87. The fraction of sp³-hybridized carbons (Fsp3) is 0.238. The number of anilines is 1. The first-order valence-electron chi connectivity index (χ1n) is 9.24. The minimum absolute atomic E-state index is 0.0436. The molecule has 0 atom stereocenters. The summed E-state index contributed by atoms with van der Waals surface area (Å²) in [6, 6.07) is 9.61. The molecule has 10 heteroatoms. The second kappa shape index (κ2) is 9.19. The zero-order valence-corrected chi connectivity index (χ0v) is 18.1. The number of rotatable bonds is 7. The molecular formula is C21H22N2O7S. The summed E-state index contributed by atoms with van der Waals surface area (Å²) in [6.07, 6.45) is 2.72. The number of nitrogens with one attached hydrogen (secondary N) is 1. The molecule has 9 nitrogen and oxygen atoms in total. The van der Waals surface area contributed by atoms with Crippen LogP contribution in [0.1, 0.15) is 11.1 Å². The van der Waals surface area contributed by atoms with Gasteiger partial charge < -0.3 is 19.5 Å². The van der Waals surface area contributed by atoms with E-state index in [2.05, 4.69) is 5.32 Å². The minimum atomic E-state index is -3.64. The molecule has 0 saturated heterocycles. The lowest BCUT2D eigenvalue weighted by Crippen LogP contribution is -2.23. The third-order valence-electron chi connectivity index (χ3n) is 4.42. The highest BCUT2D eigenvalue weighted by molar-refractivity contribution is 7.89. The molecule has 0 aliphatic carbocycles. The van der Waals surface area contributed by atoms with Crippen LogP contribution in [0.5, 0.6) is 11.5 Å². The summed E-state index contributed by atoms with van der Waals surface area (Å²) in [6.45, 7) is 1.36. The highest BCUT2D eigenvalue weighted by Crippen LogP contribution is 2.32. The van der Waals surface area contributed by atoms with Gasteiger partial charge >= 0.3 is 5.97 Å².